The minimum Gasteiger partial charge on any atom is -0.494 e. The van der Waals surface area contributed by atoms with Crippen LogP contribution in [0.1, 0.15) is 18.9 Å². The highest BCUT2D eigenvalue weighted by Crippen LogP contribution is 2.28. The zero-order chi connectivity index (χ0) is 14.8. The Morgan fingerprint density at radius 1 is 1.14 bits per heavy atom. The van der Waals surface area contributed by atoms with Crippen molar-refractivity contribution in [2.45, 2.75) is 19.8 Å². The van der Waals surface area contributed by atoms with Crippen LogP contribution in [0.2, 0.25) is 0 Å². The zero-order valence-electron chi connectivity index (χ0n) is 12.2. The summed E-state index contributed by atoms with van der Waals surface area (Å²) in [7, 11) is 1.67. The predicted molar refractivity (Wildman–Crippen MR) is 89.0 cm³/mol. The SMILES string of the molecule is CCCc1ccccc1-n1c(=S)[nH]c2c(OC)cccc21. The molecule has 2 aromatic carbocycles. The number of fused-ring (bicyclic) bond motifs is 1. The van der Waals surface area contributed by atoms with E-state index in [-0.39, 0.29) is 0 Å². The maximum absolute atomic E-state index is 5.54. The van der Waals surface area contributed by atoms with Gasteiger partial charge in [-0.2, -0.15) is 0 Å². The van der Waals surface area contributed by atoms with Crippen molar-refractivity contribution < 1.29 is 4.74 Å². The molecule has 3 rings (SSSR count). The molecule has 0 fully saturated rings. The van der Waals surface area contributed by atoms with E-state index in [0.29, 0.717) is 4.77 Å². The fraction of sp³-hybridized carbons (Fsp3) is 0.235. The van der Waals surface area contributed by atoms with E-state index in [4.69, 9.17) is 17.0 Å². The minimum atomic E-state index is 0.693. The molecule has 0 spiro atoms. The molecule has 0 unspecified atom stereocenters. The summed E-state index contributed by atoms with van der Waals surface area (Å²) in [6.45, 7) is 2.19. The largest absolute Gasteiger partial charge is 0.494 e. The van der Waals surface area contributed by atoms with Gasteiger partial charge in [-0.3, -0.25) is 4.57 Å². The molecule has 108 valence electrons. The van der Waals surface area contributed by atoms with Gasteiger partial charge < -0.3 is 9.72 Å². The fourth-order valence-electron chi connectivity index (χ4n) is 2.72. The standard InChI is InChI=1S/C17H18N2OS/c1-3-7-12-8-4-5-9-13(12)19-14-10-6-11-15(20-2)16(14)18-17(19)21/h4-6,8-11H,3,7H2,1-2H3,(H,18,21). The predicted octanol–water partition coefficient (Wildman–Crippen LogP) is 4.65. The zero-order valence-corrected chi connectivity index (χ0v) is 13.0. The van der Waals surface area contributed by atoms with E-state index in [9.17, 15) is 0 Å². The summed E-state index contributed by atoms with van der Waals surface area (Å²) in [5.74, 6) is 0.810. The van der Waals surface area contributed by atoms with E-state index >= 15 is 0 Å². The first-order chi connectivity index (χ1) is 10.3. The number of benzene rings is 2. The van der Waals surface area contributed by atoms with Crippen molar-refractivity contribution in [3.05, 3.63) is 52.8 Å². The van der Waals surface area contributed by atoms with Crippen LogP contribution in [0.25, 0.3) is 16.7 Å². The second-order valence-electron chi connectivity index (χ2n) is 5.00. The van der Waals surface area contributed by atoms with Gasteiger partial charge in [0.25, 0.3) is 0 Å². The van der Waals surface area contributed by atoms with Gasteiger partial charge >= 0.3 is 0 Å². The molecule has 0 atom stereocenters. The molecule has 4 heteroatoms. The topological polar surface area (TPSA) is 29.9 Å². The lowest BCUT2D eigenvalue weighted by Gasteiger charge is -2.11. The van der Waals surface area contributed by atoms with Gasteiger partial charge in [0.2, 0.25) is 0 Å². The van der Waals surface area contributed by atoms with E-state index in [0.717, 1.165) is 35.3 Å². The number of methoxy groups -OCH3 is 1. The Labute approximate surface area is 129 Å². The number of nitrogens with zero attached hydrogens (tertiary/aromatic N) is 1. The average Bonchev–Trinajstić information content (AvgIpc) is 2.84. The first-order valence-corrected chi connectivity index (χ1v) is 7.53. The van der Waals surface area contributed by atoms with Gasteiger partial charge in [-0.1, -0.05) is 37.6 Å². The fourth-order valence-corrected chi connectivity index (χ4v) is 3.02. The highest BCUT2D eigenvalue weighted by atomic mass is 32.1. The Morgan fingerprint density at radius 2 is 1.95 bits per heavy atom. The molecule has 0 bridgehead atoms. The van der Waals surface area contributed by atoms with E-state index in [2.05, 4.69) is 46.8 Å². The molecule has 1 heterocycles. The number of aromatic nitrogens is 2. The summed E-state index contributed by atoms with van der Waals surface area (Å²) in [6, 6.07) is 14.4. The van der Waals surface area contributed by atoms with Crippen LogP contribution < -0.4 is 4.74 Å². The van der Waals surface area contributed by atoms with Crippen LogP contribution in [0.4, 0.5) is 0 Å². The van der Waals surface area contributed by atoms with Crippen molar-refractivity contribution in [1.82, 2.24) is 9.55 Å². The third-order valence-electron chi connectivity index (χ3n) is 3.65. The van der Waals surface area contributed by atoms with Gasteiger partial charge in [0.1, 0.15) is 11.3 Å². The monoisotopic (exact) mass is 298 g/mol. The number of imidazole rings is 1. The van der Waals surface area contributed by atoms with Gasteiger partial charge in [-0.05, 0) is 42.4 Å². The van der Waals surface area contributed by atoms with Gasteiger partial charge in [0.05, 0.1) is 18.3 Å². The first-order valence-electron chi connectivity index (χ1n) is 7.12. The van der Waals surface area contributed by atoms with E-state index < -0.39 is 0 Å². The van der Waals surface area contributed by atoms with Gasteiger partial charge in [-0.15, -0.1) is 0 Å². The van der Waals surface area contributed by atoms with E-state index in [1.165, 1.54) is 5.56 Å². The molecule has 0 saturated heterocycles. The van der Waals surface area contributed by atoms with E-state index in [1.807, 2.05) is 12.1 Å². The van der Waals surface area contributed by atoms with Crippen LogP contribution in [0.15, 0.2) is 42.5 Å². The van der Waals surface area contributed by atoms with Crippen molar-refractivity contribution in [2.24, 2.45) is 0 Å². The highest BCUT2D eigenvalue weighted by molar-refractivity contribution is 7.71. The van der Waals surface area contributed by atoms with Crippen LogP contribution in [-0.2, 0) is 6.42 Å². The third-order valence-corrected chi connectivity index (χ3v) is 3.94. The number of hydrogen-bond donors (Lipinski definition) is 1. The van der Waals surface area contributed by atoms with Gasteiger partial charge in [0.15, 0.2) is 4.77 Å². The first kappa shape index (κ1) is 13.9. The summed E-state index contributed by atoms with van der Waals surface area (Å²) in [4.78, 5) is 3.27. The number of ether oxygens (including phenoxy) is 1. The summed E-state index contributed by atoms with van der Waals surface area (Å²) >= 11 is 5.54. The maximum Gasteiger partial charge on any atom is 0.182 e. The Kier molecular flexibility index (Phi) is 3.80. The van der Waals surface area contributed by atoms with Crippen LogP contribution in [-0.4, -0.2) is 16.7 Å². The lowest BCUT2D eigenvalue weighted by atomic mass is 10.1. The summed E-state index contributed by atoms with van der Waals surface area (Å²) in [6.07, 6.45) is 2.14. The molecular weight excluding hydrogens is 280 g/mol. The molecular formula is C17H18N2OS. The molecule has 0 aliphatic heterocycles. The number of hydrogen-bond acceptors (Lipinski definition) is 2. The second kappa shape index (κ2) is 5.74. The second-order valence-corrected chi connectivity index (χ2v) is 5.39. The molecule has 1 N–H and O–H groups in total. The quantitative estimate of drug-likeness (QED) is 0.711. The Bertz CT molecular complexity index is 832. The molecule has 0 aliphatic carbocycles. The summed E-state index contributed by atoms with van der Waals surface area (Å²) in [5, 5.41) is 0. The number of para-hydroxylation sites is 2. The van der Waals surface area contributed by atoms with Crippen LogP contribution >= 0.6 is 12.2 Å². The van der Waals surface area contributed by atoms with Crippen molar-refractivity contribution >= 4 is 23.3 Å². The smallest absolute Gasteiger partial charge is 0.182 e. The number of rotatable bonds is 4. The molecule has 0 saturated carbocycles. The molecule has 3 nitrogen and oxygen atoms in total. The molecule has 0 radical (unpaired) electrons. The number of H-pyrrole nitrogens is 1. The molecule has 1 aromatic heterocycles. The normalized spacial score (nSPS) is 11.0. The van der Waals surface area contributed by atoms with Crippen LogP contribution in [0.3, 0.4) is 0 Å². The number of nitrogens with one attached hydrogen (secondary N) is 1. The summed E-state index contributed by atoms with van der Waals surface area (Å²) < 4.78 is 8.21. The molecule has 0 amide bonds. The number of aryl methyl sites for hydroxylation is 1. The van der Waals surface area contributed by atoms with Crippen LogP contribution in [0.5, 0.6) is 5.75 Å². The third kappa shape index (κ3) is 2.36. The summed E-state index contributed by atoms with van der Waals surface area (Å²) in [5.41, 5.74) is 4.43. The highest BCUT2D eigenvalue weighted by Gasteiger charge is 2.12. The Balaban J connectivity index is 2.31. The molecule has 21 heavy (non-hydrogen) atoms. The van der Waals surface area contributed by atoms with Crippen molar-refractivity contribution in [1.29, 1.82) is 0 Å². The Hall–Kier alpha value is -2.07. The van der Waals surface area contributed by atoms with Crippen molar-refractivity contribution in [2.75, 3.05) is 7.11 Å². The minimum absolute atomic E-state index is 0.693. The molecule has 3 aromatic rings. The lowest BCUT2D eigenvalue weighted by molar-refractivity contribution is 0.419. The lowest BCUT2D eigenvalue weighted by Crippen LogP contribution is -1.99. The van der Waals surface area contributed by atoms with Crippen molar-refractivity contribution in [3.8, 4) is 11.4 Å². The van der Waals surface area contributed by atoms with Gasteiger partial charge in [0, 0.05) is 0 Å². The van der Waals surface area contributed by atoms with Crippen molar-refractivity contribution in [3.63, 3.8) is 0 Å². The Morgan fingerprint density at radius 3 is 2.71 bits per heavy atom. The average molecular weight is 298 g/mol. The number of aromatic amines is 1. The van der Waals surface area contributed by atoms with E-state index in [1.54, 1.807) is 7.11 Å². The molecule has 0 aliphatic rings. The van der Waals surface area contributed by atoms with Crippen LogP contribution in [0, 0.1) is 4.77 Å². The maximum atomic E-state index is 5.54. The van der Waals surface area contributed by atoms with Gasteiger partial charge in [-0.25, -0.2) is 0 Å².